The highest BCUT2D eigenvalue weighted by molar-refractivity contribution is 7.91. The number of sulfonamides is 1. The van der Waals surface area contributed by atoms with E-state index in [1.807, 2.05) is 18.2 Å². The van der Waals surface area contributed by atoms with Gasteiger partial charge in [0.1, 0.15) is 4.21 Å². The molecular weight excluding hydrogens is 402 g/mol. The van der Waals surface area contributed by atoms with E-state index in [9.17, 15) is 8.42 Å². The maximum atomic E-state index is 12.8. The monoisotopic (exact) mass is 419 g/mol. The predicted molar refractivity (Wildman–Crippen MR) is 101 cm³/mol. The fourth-order valence-corrected chi connectivity index (χ4v) is 6.12. The summed E-state index contributed by atoms with van der Waals surface area (Å²) < 4.78 is 43.7. The van der Waals surface area contributed by atoms with Gasteiger partial charge in [-0.3, -0.25) is 0 Å². The summed E-state index contributed by atoms with van der Waals surface area (Å²) in [4.78, 5) is 4.52. The van der Waals surface area contributed by atoms with Crippen molar-refractivity contribution < 1.29 is 22.4 Å². The minimum Gasteiger partial charge on any atom is -0.454 e. The molecular formula is C18H17N3O5S2. The summed E-state index contributed by atoms with van der Waals surface area (Å²) in [6.07, 6.45) is 1.55. The summed E-state index contributed by atoms with van der Waals surface area (Å²) in [5.41, 5.74) is 0.762. The molecule has 0 bridgehead atoms. The Balaban J connectivity index is 1.37. The fraction of sp³-hybridized carbons (Fsp3) is 0.333. The lowest BCUT2D eigenvalue weighted by Gasteiger charge is -2.29. The molecule has 8 nitrogen and oxygen atoms in total. The van der Waals surface area contributed by atoms with Crippen molar-refractivity contribution in [3.63, 3.8) is 0 Å². The Hall–Kier alpha value is -2.43. The van der Waals surface area contributed by atoms with Crippen molar-refractivity contribution in [1.82, 2.24) is 14.4 Å². The van der Waals surface area contributed by atoms with Crippen LogP contribution >= 0.6 is 11.3 Å². The van der Waals surface area contributed by atoms with Crippen molar-refractivity contribution >= 4 is 21.4 Å². The van der Waals surface area contributed by atoms with Crippen LogP contribution in [0, 0.1) is 0 Å². The molecule has 1 fully saturated rings. The van der Waals surface area contributed by atoms with Crippen LogP contribution in [0.25, 0.3) is 11.4 Å². The van der Waals surface area contributed by atoms with E-state index in [0.29, 0.717) is 40.5 Å². The zero-order chi connectivity index (χ0) is 19.1. The standard InChI is InChI=1S/C18H17N3O5S2/c22-28(23,16-4-2-8-27-16)21-7-1-3-13(10-21)18-19-17(20-26-18)12-5-6-14-15(9-12)25-11-24-14/h2,4-6,8-9,13H,1,3,7,10-11H2. The maximum Gasteiger partial charge on any atom is 0.252 e. The molecule has 0 saturated carbocycles. The Morgan fingerprint density at radius 1 is 1.18 bits per heavy atom. The maximum absolute atomic E-state index is 12.8. The quantitative estimate of drug-likeness (QED) is 0.641. The van der Waals surface area contributed by atoms with Crippen LogP contribution in [0.2, 0.25) is 0 Å². The van der Waals surface area contributed by atoms with Gasteiger partial charge in [0, 0.05) is 18.7 Å². The second kappa shape index (κ2) is 6.87. The Labute approximate surface area is 165 Å². The molecule has 146 valence electrons. The van der Waals surface area contributed by atoms with Gasteiger partial charge >= 0.3 is 0 Å². The molecule has 1 atom stereocenters. The van der Waals surface area contributed by atoms with E-state index >= 15 is 0 Å². The first-order chi connectivity index (χ1) is 13.6. The lowest BCUT2D eigenvalue weighted by molar-refractivity contribution is 0.174. The molecule has 0 aliphatic carbocycles. The summed E-state index contributed by atoms with van der Waals surface area (Å²) in [7, 11) is -3.48. The smallest absolute Gasteiger partial charge is 0.252 e. The second-order valence-corrected chi connectivity index (χ2v) is 9.77. The van der Waals surface area contributed by atoms with Gasteiger partial charge in [0.05, 0.1) is 5.92 Å². The van der Waals surface area contributed by atoms with Gasteiger partial charge in [-0.2, -0.15) is 9.29 Å². The van der Waals surface area contributed by atoms with E-state index in [1.54, 1.807) is 17.5 Å². The Bertz CT molecular complexity index is 1090. The molecule has 1 unspecified atom stereocenters. The number of hydrogen-bond acceptors (Lipinski definition) is 8. The summed E-state index contributed by atoms with van der Waals surface area (Å²) in [6.45, 7) is 1.04. The average molecular weight is 419 g/mol. The average Bonchev–Trinajstić information content (AvgIpc) is 3.49. The molecule has 5 rings (SSSR count). The molecule has 3 aromatic rings. The van der Waals surface area contributed by atoms with Gasteiger partial charge in [-0.1, -0.05) is 11.2 Å². The third kappa shape index (κ3) is 3.07. The van der Waals surface area contributed by atoms with Gasteiger partial charge in [-0.15, -0.1) is 11.3 Å². The van der Waals surface area contributed by atoms with Gasteiger partial charge in [-0.25, -0.2) is 8.42 Å². The van der Waals surface area contributed by atoms with Gasteiger partial charge < -0.3 is 14.0 Å². The first-order valence-corrected chi connectivity index (χ1v) is 11.2. The van der Waals surface area contributed by atoms with E-state index in [4.69, 9.17) is 14.0 Å². The van der Waals surface area contributed by atoms with E-state index < -0.39 is 10.0 Å². The molecule has 4 heterocycles. The van der Waals surface area contributed by atoms with Crippen molar-refractivity contribution in [2.24, 2.45) is 0 Å². The van der Waals surface area contributed by atoms with Crippen LogP contribution < -0.4 is 9.47 Å². The molecule has 0 amide bonds. The van der Waals surface area contributed by atoms with Crippen molar-refractivity contribution in [2.45, 2.75) is 23.0 Å². The van der Waals surface area contributed by atoms with Gasteiger partial charge in [0.15, 0.2) is 11.5 Å². The van der Waals surface area contributed by atoms with Crippen LogP contribution in [0.5, 0.6) is 11.5 Å². The second-order valence-electron chi connectivity index (χ2n) is 6.66. The van der Waals surface area contributed by atoms with Crippen LogP contribution in [-0.2, 0) is 10.0 Å². The molecule has 0 N–H and O–H groups in total. The molecule has 0 spiro atoms. The summed E-state index contributed by atoms with van der Waals surface area (Å²) >= 11 is 1.23. The van der Waals surface area contributed by atoms with Crippen molar-refractivity contribution in [3.8, 4) is 22.9 Å². The third-order valence-corrected chi connectivity index (χ3v) is 8.13. The van der Waals surface area contributed by atoms with E-state index in [2.05, 4.69) is 10.1 Å². The molecule has 1 aromatic carbocycles. The van der Waals surface area contributed by atoms with Crippen LogP contribution in [-0.4, -0.2) is 42.7 Å². The number of hydrogen-bond donors (Lipinski definition) is 0. The Kier molecular flexibility index (Phi) is 4.33. The summed E-state index contributed by atoms with van der Waals surface area (Å²) in [5.74, 6) is 2.12. The van der Waals surface area contributed by atoms with Gasteiger partial charge in [0.2, 0.25) is 18.5 Å². The number of rotatable bonds is 4. The SMILES string of the molecule is O=S(=O)(c1cccs1)N1CCCC(c2nc(-c3ccc4c(c3)OCO4)no2)C1. The molecule has 10 heteroatoms. The third-order valence-electron chi connectivity index (χ3n) is 4.90. The largest absolute Gasteiger partial charge is 0.454 e. The van der Waals surface area contributed by atoms with E-state index in [1.165, 1.54) is 15.6 Å². The normalized spacial score (nSPS) is 19.8. The summed E-state index contributed by atoms with van der Waals surface area (Å²) in [5, 5.41) is 5.84. The highest BCUT2D eigenvalue weighted by Gasteiger charge is 2.34. The predicted octanol–water partition coefficient (Wildman–Crippen LogP) is 3.10. The lowest BCUT2D eigenvalue weighted by Crippen LogP contribution is -2.38. The topological polar surface area (TPSA) is 94.8 Å². The highest BCUT2D eigenvalue weighted by atomic mass is 32.2. The van der Waals surface area contributed by atoms with E-state index in [0.717, 1.165) is 18.4 Å². The van der Waals surface area contributed by atoms with Gasteiger partial charge in [-0.05, 0) is 42.5 Å². The number of nitrogens with zero attached hydrogens (tertiary/aromatic N) is 3. The van der Waals surface area contributed by atoms with Crippen LogP contribution in [0.3, 0.4) is 0 Å². The molecule has 2 aromatic heterocycles. The fourth-order valence-electron chi connectivity index (χ4n) is 3.45. The lowest BCUT2D eigenvalue weighted by atomic mass is 10.00. The minimum absolute atomic E-state index is 0.126. The first kappa shape index (κ1) is 17.7. The first-order valence-electron chi connectivity index (χ1n) is 8.88. The summed E-state index contributed by atoms with van der Waals surface area (Å²) in [6, 6.07) is 8.84. The minimum atomic E-state index is -3.48. The Morgan fingerprint density at radius 2 is 2.07 bits per heavy atom. The zero-order valence-electron chi connectivity index (χ0n) is 14.8. The molecule has 28 heavy (non-hydrogen) atoms. The number of piperidine rings is 1. The number of thiophene rings is 1. The number of fused-ring (bicyclic) bond motifs is 1. The number of ether oxygens (including phenoxy) is 2. The van der Waals surface area contributed by atoms with Crippen molar-refractivity contribution in [1.29, 1.82) is 0 Å². The van der Waals surface area contributed by atoms with Crippen LogP contribution in [0.1, 0.15) is 24.7 Å². The molecule has 2 aliphatic rings. The zero-order valence-corrected chi connectivity index (χ0v) is 16.4. The van der Waals surface area contributed by atoms with Crippen molar-refractivity contribution in [2.75, 3.05) is 19.9 Å². The number of benzene rings is 1. The molecule has 2 aliphatic heterocycles. The van der Waals surface area contributed by atoms with E-state index in [-0.39, 0.29) is 12.7 Å². The van der Waals surface area contributed by atoms with Gasteiger partial charge in [0.25, 0.3) is 10.0 Å². The van der Waals surface area contributed by atoms with Crippen molar-refractivity contribution in [3.05, 3.63) is 41.6 Å². The highest BCUT2D eigenvalue weighted by Crippen LogP contribution is 2.36. The molecule has 0 radical (unpaired) electrons. The Morgan fingerprint density at radius 3 is 2.93 bits per heavy atom. The van der Waals surface area contributed by atoms with Crippen LogP contribution in [0.4, 0.5) is 0 Å². The van der Waals surface area contributed by atoms with Crippen LogP contribution in [0.15, 0.2) is 44.4 Å². The molecule has 1 saturated heterocycles. The number of aromatic nitrogens is 2.